The first-order valence-electron chi connectivity index (χ1n) is 8.09. The molecule has 0 spiro atoms. The van der Waals surface area contributed by atoms with Gasteiger partial charge in [-0.1, -0.05) is 30.3 Å². The third kappa shape index (κ3) is 3.90. The van der Waals surface area contributed by atoms with Crippen LogP contribution in [0.15, 0.2) is 66.1 Å². The molecule has 3 rings (SSSR count). The van der Waals surface area contributed by atoms with E-state index >= 15 is 0 Å². The van der Waals surface area contributed by atoms with Gasteiger partial charge in [-0.2, -0.15) is 13.1 Å². The molecular formula is C18H18N4O3S2. The highest BCUT2D eigenvalue weighted by molar-refractivity contribution is 7.89. The fourth-order valence-corrected chi connectivity index (χ4v) is 4.48. The Hall–Kier alpha value is -2.62. The van der Waals surface area contributed by atoms with Crippen LogP contribution in [0.5, 0.6) is 0 Å². The van der Waals surface area contributed by atoms with Crippen LogP contribution in [0.1, 0.15) is 0 Å². The topological polar surface area (TPSA) is 83.5 Å². The maximum absolute atomic E-state index is 13.0. The van der Waals surface area contributed by atoms with E-state index in [2.05, 4.69) is 15.3 Å². The number of hydrogen-bond acceptors (Lipinski definition) is 6. The molecule has 9 heteroatoms. The molecule has 2 aromatic carbocycles. The molecule has 7 nitrogen and oxygen atoms in total. The van der Waals surface area contributed by atoms with Gasteiger partial charge in [-0.25, -0.2) is 8.42 Å². The lowest BCUT2D eigenvalue weighted by Gasteiger charge is -2.24. The third-order valence-electron chi connectivity index (χ3n) is 3.98. The minimum atomic E-state index is -3.90. The van der Waals surface area contributed by atoms with Gasteiger partial charge in [-0.15, -0.1) is 6.58 Å². The van der Waals surface area contributed by atoms with Crippen molar-refractivity contribution in [3.8, 4) is 0 Å². The Labute approximate surface area is 161 Å². The quantitative estimate of drug-likeness (QED) is 0.567. The summed E-state index contributed by atoms with van der Waals surface area (Å²) in [6.45, 7) is 3.65. The molecular weight excluding hydrogens is 384 g/mol. The highest BCUT2D eigenvalue weighted by Crippen LogP contribution is 2.24. The van der Waals surface area contributed by atoms with E-state index in [9.17, 15) is 13.2 Å². The fourth-order valence-electron chi connectivity index (χ4n) is 2.61. The first-order chi connectivity index (χ1) is 12.9. The SMILES string of the molecule is C=CCN(C(=O)CN(C)S(=O)(=O)c1cccc2nsnc12)c1ccccc1. The Morgan fingerprint density at radius 1 is 1.15 bits per heavy atom. The first kappa shape index (κ1) is 19.2. The number of likely N-dealkylation sites (N-methyl/N-ethyl adjacent to an activating group) is 1. The van der Waals surface area contributed by atoms with Gasteiger partial charge in [0.1, 0.15) is 15.9 Å². The summed E-state index contributed by atoms with van der Waals surface area (Å²) in [7, 11) is -2.52. The third-order valence-corrected chi connectivity index (χ3v) is 6.35. The van der Waals surface area contributed by atoms with Crippen molar-refractivity contribution in [2.75, 3.05) is 25.0 Å². The number of para-hydroxylation sites is 1. The Morgan fingerprint density at radius 3 is 2.59 bits per heavy atom. The maximum atomic E-state index is 13.0. The molecule has 1 aromatic heterocycles. The number of amides is 1. The number of carbonyl (C=O) groups excluding carboxylic acids is 1. The molecule has 0 bridgehead atoms. The zero-order valence-electron chi connectivity index (χ0n) is 14.6. The summed E-state index contributed by atoms with van der Waals surface area (Å²) in [4.78, 5) is 14.3. The molecule has 3 aromatic rings. The van der Waals surface area contributed by atoms with Crippen LogP contribution in [0.2, 0.25) is 0 Å². The second-order valence-corrected chi connectivity index (χ2v) is 8.32. The summed E-state index contributed by atoms with van der Waals surface area (Å²) in [6, 6.07) is 13.8. The van der Waals surface area contributed by atoms with Crippen LogP contribution in [0, 0.1) is 0 Å². The van der Waals surface area contributed by atoms with E-state index in [0.29, 0.717) is 16.7 Å². The molecule has 0 aliphatic carbocycles. The second-order valence-electron chi connectivity index (χ2n) is 5.78. The molecule has 0 saturated heterocycles. The van der Waals surface area contributed by atoms with Crippen molar-refractivity contribution in [2.24, 2.45) is 0 Å². The van der Waals surface area contributed by atoms with Gasteiger partial charge in [0.2, 0.25) is 15.9 Å². The largest absolute Gasteiger partial charge is 0.307 e. The minimum absolute atomic E-state index is 0.0408. The molecule has 0 unspecified atom stereocenters. The summed E-state index contributed by atoms with van der Waals surface area (Å²) in [5, 5.41) is 0. The standard InChI is InChI=1S/C18H18N4O3S2/c1-3-12-22(14-8-5-4-6-9-14)17(23)13-21(2)27(24,25)16-11-7-10-15-18(16)20-26-19-15/h3-11H,1,12-13H2,2H3. The molecule has 0 N–H and O–H groups in total. The van der Waals surface area contributed by atoms with Crippen LogP contribution in [0.3, 0.4) is 0 Å². The average molecular weight is 403 g/mol. The molecule has 1 amide bonds. The first-order valence-corrected chi connectivity index (χ1v) is 10.3. The van der Waals surface area contributed by atoms with Gasteiger partial charge in [-0.05, 0) is 24.3 Å². The van der Waals surface area contributed by atoms with Crippen LogP contribution in [0.25, 0.3) is 11.0 Å². The summed E-state index contributed by atoms with van der Waals surface area (Å²) >= 11 is 0.948. The number of sulfonamides is 1. The normalized spacial score (nSPS) is 11.6. The van der Waals surface area contributed by atoms with E-state index in [1.807, 2.05) is 18.2 Å². The summed E-state index contributed by atoms with van der Waals surface area (Å²) in [6.07, 6.45) is 1.60. The maximum Gasteiger partial charge on any atom is 0.245 e. The molecule has 0 aliphatic rings. The molecule has 0 radical (unpaired) electrons. The lowest BCUT2D eigenvalue weighted by atomic mass is 10.2. The van der Waals surface area contributed by atoms with Crippen LogP contribution in [-0.4, -0.2) is 47.5 Å². The van der Waals surface area contributed by atoms with Crippen molar-refractivity contribution in [3.63, 3.8) is 0 Å². The van der Waals surface area contributed by atoms with Gasteiger partial charge in [0.15, 0.2) is 0 Å². The van der Waals surface area contributed by atoms with E-state index in [0.717, 1.165) is 16.0 Å². The molecule has 0 aliphatic heterocycles. The predicted molar refractivity (Wildman–Crippen MR) is 106 cm³/mol. The molecule has 27 heavy (non-hydrogen) atoms. The van der Waals surface area contributed by atoms with Crippen molar-refractivity contribution in [1.82, 2.24) is 13.1 Å². The summed E-state index contributed by atoms with van der Waals surface area (Å²) in [5.74, 6) is -0.351. The van der Waals surface area contributed by atoms with Gasteiger partial charge in [0.05, 0.1) is 18.3 Å². The van der Waals surface area contributed by atoms with Crippen molar-refractivity contribution >= 4 is 44.4 Å². The lowest BCUT2D eigenvalue weighted by molar-refractivity contribution is -0.118. The van der Waals surface area contributed by atoms with Crippen LogP contribution in [-0.2, 0) is 14.8 Å². The van der Waals surface area contributed by atoms with E-state index in [1.54, 1.807) is 30.3 Å². The van der Waals surface area contributed by atoms with Gasteiger partial charge in [0, 0.05) is 19.3 Å². The molecule has 0 saturated carbocycles. The van der Waals surface area contributed by atoms with Gasteiger partial charge < -0.3 is 4.90 Å². The van der Waals surface area contributed by atoms with E-state index in [1.165, 1.54) is 18.0 Å². The Bertz CT molecular complexity index is 1060. The second kappa shape index (κ2) is 7.95. The van der Waals surface area contributed by atoms with E-state index in [4.69, 9.17) is 0 Å². The number of rotatable bonds is 7. The van der Waals surface area contributed by atoms with E-state index in [-0.39, 0.29) is 23.9 Å². The van der Waals surface area contributed by atoms with Crippen molar-refractivity contribution < 1.29 is 13.2 Å². The molecule has 1 heterocycles. The highest BCUT2D eigenvalue weighted by Gasteiger charge is 2.28. The Morgan fingerprint density at radius 2 is 1.89 bits per heavy atom. The average Bonchev–Trinajstić information content (AvgIpc) is 3.15. The number of hydrogen-bond donors (Lipinski definition) is 0. The van der Waals surface area contributed by atoms with Crippen LogP contribution in [0.4, 0.5) is 5.69 Å². The number of anilines is 1. The zero-order chi connectivity index (χ0) is 19.4. The Kier molecular flexibility index (Phi) is 5.64. The number of fused-ring (bicyclic) bond motifs is 1. The summed E-state index contributed by atoms with van der Waals surface area (Å²) < 4.78 is 35.1. The number of nitrogens with zero attached hydrogens (tertiary/aromatic N) is 4. The van der Waals surface area contributed by atoms with Crippen LogP contribution >= 0.6 is 11.7 Å². The number of benzene rings is 2. The van der Waals surface area contributed by atoms with Crippen LogP contribution < -0.4 is 4.90 Å². The van der Waals surface area contributed by atoms with Gasteiger partial charge >= 0.3 is 0 Å². The number of carbonyl (C=O) groups is 1. The smallest absolute Gasteiger partial charge is 0.245 e. The lowest BCUT2D eigenvalue weighted by Crippen LogP contribution is -2.41. The molecule has 0 fully saturated rings. The fraction of sp³-hybridized carbons (Fsp3) is 0.167. The minimum Gasteiger partial charge on any atom is -0.307 e. The van der Waals surface area contributed by atoms with Gasteiger partial charge in [0.25, 0.3) is 0 Å². The van der Waals surface area contributed by atoms with Gasteiger partial charge in [-0.3, -0.25) is 4.79 Å². The highest BCUT2D eigenvalue weighted by atomic mass is 32.2. The Balaban J connectivity index is 1.86. The van der Waals surface area contributed by atoms with E-state index < -0.39 is 10.0 Å². The summed E-state index contributed by atoms with van der Waals surface area (Å²) in [5.41, 5.74) is 1.50. The molecule has 140 valence electrons. The van der Waals surface area contributed by atoms with Crippen molar-refractivity contribution in [2.45, 2.75) is 4.90 Å². The monoisotopic (exact) mass is 402 g/mol. The number of aromatic nitrogens is 2. The molecule has 0 atom stereocenters. The predicted octanol–water partition coefficient (Wildman–Crippen LogP) is 2.53. The van der Waals surface area contributed by atoms with Crippen molar-refractivity contribution in [3.05, 3.63) is 61.2 Å². The zero-order valence-corrected chi connectivity index (χ0v) is 16.3. The van der Waals surface area contributed by atoms with Crippen molar-refractivity contribution in [1.29, 1.82) is 0 Å².